The number of hydrogen-bond acceptors (Lipinski definition) is 3. The maximum atomic E-state index is 13.6. The summed E-state index contributed by atoms with van der Waals surface area (Å²) in [5, 5.41) is 0. The molecule has 0 atom stereocenters. The molecule has 2 N–H and O–H groups in total. The lowest BCUT2D eigenvalue weighted by Gasteiger charge is -2.06. The van der Waals surface area contributed by atoms with E-state index in [-0.39, 0.29) is 0 Å². The van der Waals surface area contributed by atoms with E-state index in [4.69, 9.17) is 10.2 Å². The fourth-order valence-corrected chi connectivity index (χ4v) is 2.37. The highest BCUT2D eigenvalue weighted by Crippen LogP contribution is 2.22. The van der Waals surface area contributed by atoms with Crippen LogP contribution in [0.4, 0.5) is 4.39 Å². The summed E-state index contributed by atoms with van der Waals surface area (Å²) in [6, 6.07) is 9.16. The highest BCUT2D eigenvalue weighted by Gasteiger charge is 2.14. The second-order valence-corrected chi connectivity index (χ2v) is 5.10. The molecule has 1 amide bonds. The van der Waals surface area contributed by atoms with Crippen molar-refractivity contribution in [1.29, 1.82) is 0 Å². The number of oxazole rings is 1. The van der Waals surface area contributed by atoms with Crippen molar-refractivity contribution in [3.05, 3.63) is 70.0 Å². The smallest absolute Gasteiger partial charge is 0.407 e. The Hall–Kier alpha value is -3.15. The van der Waals surface area contributed by atoms with E-state index in [0.29, 0.717) is 22.4 Å². The lowest BCUT2D eigenvalue weighted by molar-refractivity contribution is -0.113. The van der Waals surface area contributed by atoms with Gasteiger partial charge in [0.15, 0.2) is 5.58 Å². The maximum Gasteiger partial charge on any atom is 0.424 e. The van der Waals surface area contributed by atoms with Gasteiger partial charge in [-0.3, -0.25) is 4.79 Å². The van der Waals surface area contributed by atoms with Gasteiger partial charge < -0.3 is 10.2 Å². The first-order valence-corrected chi connectivity index (χ1v) is 6.85. The third-order valence-electron chi connectivity index (χ3n) is 3.46. The molecule has 0 radical (unpaired) electrons. The molecule has 2 aromatic carbocycles. The van der Waals surface area contributed by atoms with E-state index in [1.165, 1.54) is 28.9 Å². The molecule has 1 heterocycles. The molecule has 0 saturated heterocycles. The largest absolute Gasteiger partial charge is 0.424 e. The van der Waals surface area contributed by atoms with Gasteiger partial charge in [-0.2, -0.15) is 0 Å². The van der Waals surface area contributed by atoms with Crippen molar-refractivity contribution in [2.45, 2.75) is 6.92 Å². The zero-order valence-corrected chi connectivity index (χ0v) is 12.2. The first-order chi connectivity index (χ1) is 11.0. The van der Waals surface area contributed by atoms with Crippen LogP contribution in [0.1, 0.15) is 11.1 Å². The fraction of sp³-hybridized carbons (Fsp3) is 0.0588. The number of carbonyl (C=O) groups excluding carboxylic acids is 1. The van der Waals surface area contributed by atoms with Crippen LogP contribution >= 0.6 is 0 Å². The topological polar surface area (TPSA) is 78.2 Å². The highest BCUT2D eigenvalue weighted by atomic mass is 19.1. The minimum absolute atomic E-state index is 0.370. The number of halogens is 1. The Morgan fingerprint density at radius 2 is 2.04 bits per heavy atom. The maximum absolute atomic E-state index is 13.6. The number of nitrogens with two attached hydrogens (primary N) is 1. The zero-order valence-electron chi connectivity index (χ0n) is 12.2. The summed E-state index contributed by atoms with van der Waals surface area (Å²) >= 11 is 0. The van der Waals surface area contributed by atoms with Crippen LogP contribution in [0.5, 0.6) is 0 Å². The minimum Gasteiger partial charge on any atom is -0.407 e. The van der Waals surface area contributed by atoms with Gasteiger partial charge in [-0.05, 0) is 48.4 Å². The molecule has 3 rings (SSSR count). The van der Waals surface area contributed by atoms with Gasteiger partial charge in [0, 0.05) is 6.08 Å². The molecule has 0 aliphatic carbocycles. The first-order valence-electron chi connectivity index (χ1n) is 6.85. The first kappa shape index (κ1) is 14.8. The van der Waals surface area contributed by atoms with Gasteiger partial charge in [0.1, 0.15) is 5.82 Å². The van der Waals surface area contributed by atoms with E-state index < -0.39 is 17.5 Å². The number of fused-ring (bicyclic) bond motifs is 1. The van der Waals surface area contributed by atoms with E-state index in [1.807, 2.05) is 0 Å². The third-order valence-corrected chi connectivity index (χ3v) is 3.46. The van der Waals surface area contributed by atoms with Gasteiger partial charge in [0.2, 0.25) is 5.91 Å². The van der Waals surface area contributed by atoms with Crippen LogP contribution in [0.3, 0.4) is 0 Å². The number of carbonyl (C=O) groups is 1. The predicted octanol–water partition coefficient (Wildman–Crippen LogP) is 2.53. The number of hydrogen-bond donors (Lipinski definition) is 1. The normalized spacial score (nSPS) is 11.4. The summed E-state index contributed by atoms with van der Waals surface area (Å²) in [7, 11) is 0. The van der Waals surface area contributed by atoms with E-state index in [2.05, 4.69) is 0 Å². The number of benzene rings is 2. The minimum atomic E-state index is -0.607. The van der Waals surface area contributed by atoms with Crippen molar-refractivity contribution in [3.8, 4) is 5.69 Å². The number of rotatable bonds is 3. The average molecular weight is 312 g/mol. The lowest BCUT2D eigenvalue weighted by Crippen LogP contribution is -2.13. The molecule has 0 aliphatic heterocycles. The van der Waals surface area contributed by atoms with Crippen molar-refractivity contribution in [2.24, 2.45) is 5.73 Å². The Labute approximate surface area is 130 Å². The number of amides is 1. The van der Waals surface area contributed by atoms with Crippen molar-refractivity contribution in [3.63, 3.8) is 0 Å². The molecule has 1 aromatic heterocycles. The van der Waals surface area contributed by atoms with Crippen LogP contribution < -0.4 is 11.5 Å². The van der Waals surface area contributed by atoms with Gasteiger partial charge in [-0.1, -0.05) is 12.1 Å². The highest BCUT2D eigenvalue weighted by molar-refractivity contribution is 5.91. The Morgan fingerprint density at radius 3 is 2.78 bits per heavy atom. The van der Waals surface area contributed by atoms with Gasteiger partial charge >= 0.3 is 5.76 Å². The molecule has 0 bridgehead atoms. The Morgan fingerprint density at radius 1 is 1.26 bits per heavy atom. The summed E-state index contributed by atoms with van der Waals surface area (Å²) in [6.45, 7) is 1.77. The molecule has 6 heteroatoms. The second-order valence-electron chi connectivity index (χ2n) is 5.10. The Kier molecular flexibility index (Phi) is 3.57. The zero-order chi connectivity index (χ0) is 16.6. The van der Waals surface area contributed by atoms with Gasteiger partial charge in [-0.25, -0.2) is 13.8 Å². The van der Waals surface area contributed by atoms with E-state index in [9.17, 15) is 14.0 Å². The van der Waals surface area contributed by atoms with Gasteiger partial charge in [0.25, 0.3) is 0 Å². The number of primary amides is 1. The fourth-order valence-electron chi connectivity index (χ4n) is 2.37. The summed E-state index contributed by atoms with van der Waals surface area (Å²) in [5.74, 6) is -1.63. The van der Waals surface area contributed by atoms with Crippen LogP contribution in [0.25, 0.3) is 22.9 Å². The molecule has 0 unspecified atom stereocenters. The third kappa shape index (κ3) is 2.78. The Balaban J connectivity index is 2.26. The molecule has 0 fully saturated rings. The number of nitrogens with zero attached hydrogens (tertiary/aromatic N) is 1. The molecule has 23 heavy (non-hydrogen) atoms. The average Bonchev–Trinajstić information content (AvgIpc) is 2.83. The molecule has 0 spiro atoms. The van der Waals surface area contributed by atoms with Crippen LogP contribution in [0, 0.1) is 12.7 Å². The molecule has 0 aliphatic rings. The number of aromatic nitrogens is 1. The van der Waals surface area contributed by atoms with Gasteiger partial charge in [0.05, 0.1) is 11.2 Å². The van der Waals surface area contributed by atoms with Crippen molar-refractivity contribution >= 4 is 23.1 Å². The van der Waals surface area contributed by atoms with Crippen LogP contribution in [-0.2, 0) is 4.79 Å². The van der Waals surface area contributed by atoms with Crippen LogP contribution in [0.2, 0.25) is 0 Å². The summed E-state index contributed by atoms with van der Waals surface area (Å²) in [4.78, 5) is 23.0. The van der Waals surface area contributed by atoms with Crippen LogP contribution in [0.15, 0.2) is 51.7 Å². The lowest BCUT2D eigenvalue weighted by atomic mass is 10.1. The SMILES string of the molecule is Cc1ccc(F)cc1-n1c(=O)oc2ccc(/C=C/C(N)=O)cc21. The predicted molar refractivity (Wildman–Crippen MR) is 84.7 cm³/mol. The van der Waals surface area contributed by atoms with E-state index >= 15 is 0 Å². The summed E-state index contributed by atoms with van der Waals surface area (Å²) in [5.41, 5.74) is 7.73. The van der Waals surface area contributed by atoms with E-state index in [1.54, 1.807) is 31.2 Å². The molecule has 3 aromatic rings. The molecular weight excluding hydrogens is 299 g/mol. The number of aryl methyl sites for hydroxylation is 1. The quantitative estimate of drug-likeness (QED) is 0.755. The van der Waals surface area contributed by atoms with Crippen LogP contribution in [-0.4, -0.2) is 10.5 Å². The van der Waals surface area contributed by atoms with Crippen molar-refractivity contribution in [2.75, 3.05) is 0 Å². The van der Waals surface area contributed by atoms with Crippen molar-refractivity contribution in [1.82, 2.24) is 4.57 Å². The monoisotopic (exact) mass is 312 g/mol. The molecule has 5 nitrogen and oxygen atoms in total. The van der Waals surface area contributed by atoms with Gasteiger partial charge in [-0.15, -0.1) is 0 Å². The van der Waals surface area contributed by atoms with E-state index in [0.717, 1.165) is 5.56 Å². The molecular formula is C17H13FN2O3. The molecule has 116 valence electrons. The molecule has 0 saturated carbocycles. The summed E-state index contributed by atoms with van der Waals surface area (Å²) < 4.78 is 20.1. The summed E-state index contributed by atoms with van der Waals surface area (Å²) in [6.07, 6.45) is 2.75. The second kappa shape index (κ2) is 5.57. The van der Waals surface area contributed by atoms with Crippen molar-refractivity contribution < 1.29 is 13.6 Å². The Bertz CT molecular complexity index is 999. The standard InChI is InChI=1S/C17H13FN2O3/c1-10-2-5-12(18)9-13(10)20-14-8-11(4-7-16(19)21)3-6-15(14)23-17(20)22/h2-9H,1H3,(H2,19,21)/b7-4+.